The fourth-order valence-electron chi connectivity index (χ4n) is 4.10. The number of nitrogens with one attached hydrogen (secondary N) is 1. The van der Waals surface area contributed by atoms with Crippen LogP contribution in [0, 0.1) is 0 Å². The Morgan fingerprint density at radius 2 is 1.87 bits per heavy atom. The van der Waals surface area contributed by atoms with E-state index in [0.717, 1.165) is 64.2 Å². The molecule has 2 fully saturated rings. The fourth-order valence-corrected chi connectivity index (χ4v) is 4.10. The van der Waals surface area contributed by atoms with Crippen molar-refractivity contribution in [3.8, 4) is 0 Å². The smallest absolute Gasteiger partial charge is 0.194 e. The largest absolute Gasteiger partial charge is 0.375 e. The molecule has 0 saturated carbocycles. The number of aliphatic imine (C=N–C) groups is 1. The van der Waals surface area contributed by atoms with E-state index in [4.69, 9.17) is 4.74 Å². The number of aromatic nitrogens is 1. The molecule has 168 valence electrons. The lowest BCUT2D eigenvalue weighted by Crippen LogP contribution is -2.52. The first-order chi connectivity index (χ1) is 14.7. The molecule has 0 spiro atoms. The van der Waals surface area contributed by atoms with Crippen molar-refractivity contribution in [2.75, 3.05) is 62.7 Å². The molecule has 2 aliphatic rings. The molecule has 2 saturated heterocycles. The molecular formula is C23H33IN6O. The Morgan fingerprint density at radius 3 is 2.58 bits per heavy atom. The molecule has 1 N–H and O–H groups in total. The third-order valence-electron chi connectivity index (χ3n) is 5.74. The van der Waals surface area contributed by atoms with Crippen molar-refractivity contribution in [1.82, 2.24) is 15.2 Å². The molecule has 31 heavy (non-hydrogen) atoms. The van der Waals surface area contributed by atoms with Gasteiger partial charge in [-0.3, -0.25) is 4.99 Å². The van der Waals surface area contributed by atoms with Gasteiger partial charge in [0.1, 0.15) is 5.82 Å². The highest BCUT2D eigenvalue weighted by Gasteiger charge is 2.20. The van der Waals surface area contributed by atoms with Gasteiger partial charge in [-0.15, -0.1) is 24.0 Å². The van der Waals surface area contributed by atoms with Crippen LogP contribution < -0.4 is 15.1 Å². The van der Waals surface area contributed by atoms with Gasteiger partial charge in [0, 0.05) is 64.7 Å². The maximum absolute atomic E-state index is 5.65. The second-order valence-electron chi connectivity index (χ2n) is 7.86. The molecule has 1 unspecified atom stereocenters. The quantitative estimate of drug-likeness (QED) is 0.369. The molecule has 1 atom stereocenters. The lowest BCUT2D eigenvalue weighted by molar-refractivity contribution is 0.0529. The van der Waals surface area contributed by atoms with Crippen LogP contribution in [0.25, 0.3) is 0 Å². The molecule has 1 aromatic carbocycles. The predicted molar refractivity (Wildman–Crippen MR) is 138 cm³/mol. The molecule has 2 aliphatic heterocycles. The maximum atomic E-state index is 5.65. The van der Waals surface area contributed by atoms with Crippen LogP contribution in [0.1, 0.15) is 12.5 Å². The summed E-state index contributed by atoms with van der Waals surface area (Å²) in [5, 5.41) is 3.54. The highest BCUT2D eigenvalue weighted by Crippen LogP contribution is 2.17. The maximum Gasteiger partial charge on any atom is 0.194 e. The molecule has 7 nitrogen and oxygen atoms in total. The Labute approximate surface area is 202 Å². The minimum Gasteiger partial charge on any atom is -0.375 e. The SMILES string of the molecule is CN=C(NCc1ccnc(N2CCOC(C)C2)c1)N1CCN(c2ccccc2)CC1.I. The number of guanidine groups is 1. The first-order valence-electron chi connectivity index (χ1n) is 10.8. The number of hydrogen-bond acceptors (Lipinski definition) is 5. The van der Waals surface area contributed by atoms with E-state index < -0.39 is 0 Å². The number of rotatable bonds is 4. The third-order valence-corrected chi connectivity index (χ3v) is 5.74. The topological polar surface area (TPSA) is 56.2 Å². The summed E-state index contributed by atoms with van der Waals surface area (Å²) in [7, 11) is 1.86. The highest BCUT2D eigenvalue weighted by atomic mass is 127. The van der Waals surface area contributed by atoms with Gasteiger partial charge in [0.05, 0.1) is 12.7 Å². The zero-order valence-electron chi connectivity index (χ0n) is 18.4. The number of ether oxygens (including phenoxy) is 1. The van der Waals surface area contributed by atoms with Crippen LogP contribution in [-0.2, 0) is 11.3 Å². The Morgan fingerprint density at radius 1 is 1.10 bits per heavy atom. The summed E-state index contributed by atoms with van der Waals surface area (Å²) >= 11 is 0. The van der Waals surface area contributed by atoms with E-state index in [1.807, 2.05) is 13.2 Å². The second kappa shape index (κ2) is 11.5. The second-order valence-corrected chi connectivity index (χ2v) is 7.86. The number of morpholine rings is 1. The molecule has 0 aliphatic carbocycles. The van der Waals surface area contributed by atoms with E-state index in [1.165, 1.54) is 11.3 Å². The van der Waals surface area contributed by atoms with Crippen molar-refractivity contribution in [2.24, 2.45) is 4.99 Å². The number of halogens is 1. The van der Waals surface area contributed by atoms with Crippen molar-refractivity contribution in [2.45, 2.75) is 19.6 Å². The van der Waals surface area contributed by atoms with E-state index in [9.17, 15) is 0 Å². The zero-order chi connectivity index (χ0) is 20.8. The molecule has 3 heterocycles. The number of anilines is 2. The highest BCUT2D eigenvalue weighted by molar-refractivity contribution is 14.0. The predicted octanol–water partition coefficient (Wildman–Crippen LogP) is 2.82. The van der Waals surface area contributed by atoms with Gasteiger partial charge < -0.3 is 24.8 Å². The Balaban J connectivity index is 0.00000272. The monoisotopic (exact) mass is 536 g/mol. The van der Waals surface area contributed by atoms with Crippen molar-refractivity contribution >= 4 is 41.4 Å². The molecule has 2 aromatic rings. The zero-order valence-corrected chi connectivity index (χ0v) is 20.7. The summed E-state index contributed by atoms with van der Waals surface area (Å²) < 4.78 is 5.65. The van der Waals surface area contributed by atoms with Crippen LogP contribution in [0.2, 0.25) is 0 Å². The summed E-state index contributed by atoms with van der Waals surface area (Å²) in [6, 6.07) is 14.9. The van der Waals surface area contributed by atoms with Gasteiger partial charge in [-0.05, 0) is 36.8 Å². The molecule has 0 bridgehead atoms. The van der Waals surface area contributed by atoms with Crippen LogP contribution in [0.15, 0.2) is 53.7 Å². The lowest BCUT2D eigenvalue weighted by Gasteiger charge is -2.37. The third kappa shape index (κ3) is 6.22. The first-order valence-corrected chi connectivity index (χ1v) is 10.8. The van der Waals surface area contributed by atoms with E-state index in [1.54, 1.807) is 0 Å². The van der Waals surface area contributed by atoms with Gasteiger partial charge in [-0.1, -0.05) is 18.2 Å². The average molecular weight is 536 g/mol. The summed E-state index contributed by atoms with van der Waals surface area (Å²) in [5.41, 5.74) is 2.50. The van der Waals surface area contributed by atoms with Gasteiger partial charge in [0.25, 0.3) is 0 Å². The average Bonchev–Trinajstić information content (AvgIpc) is 2.81. The standard InChI is InChI=1S/C23H32N6O.HI/c1-19-18-29(14-15-30-19)22-16-20(8-9-25-22)17-26-23(24-2)28-12-10-27(11-13-28)21-6-4-3-5-7-21;/h3-9,16,19H,10-15,17-18H2,1-2H3,(H,24,26);1H. The van der Waals surface area contributed by atoms with E-state index in [-0.39, 0.29) is 30.1 Å². The molecule has 8 heteroatoms. The van der Waals surface area contributed by atoms with Crippen LogP contribution >= 0.6 is 24.0 Å². The number of para-hydroxylation sites is 1. The lowest BCUT2D eigenvalue weighted by atomic mass is 10.2. The van der Waals surface area contributed by atoms with E-state index >= 15 is 0 Å². The van der Waals surface area contributed by atoms with Gasteiger partial charge in [-0.2, -0.15) is 0 Å². The minimum atomic E-state index is 0. The Hall–Kier alpha value is -2.07. The van der Waals surface area contributed by atoms with Crippen LogP contribution in [0.3, 0.4) is 0 Å². The summed E-state index contributed by atoms with van der Waals surface area (Å²) in [6.45, 7) is 9.30. The number of nitrogens with zero attached hydrogens (tertiary/aromatic N) is 5. The molecule has 0 amide bonds. The van der Waals surface area contributed by atoms with Crippen molar-refractivity contribution < 1.29 is 4.74 Å². The molecular weight excluding hydrogens is 503 g/mol. The molecule has 1 aromatic heterocycles. The van der Waals surface area contributed by atoms with E-state index in [2.05, 4.69) is 79.4 Å². The van der Waals surface area contributed by atoms with Crippen molar-refractivity contribution in [3.63, 3.8) is 0 Å². The van der Waals surface area contributed by atoms with Gasteiger partial charge in [0.2, 0.25) is 0 Å². The van der Waals surface area contributed by atoms with Crippen LogP contribution in [-0.4, -0.2) is 74.9 Å². The van der Waals surface area contributed by atoms with Crippen molar-refractivity contribution in [3.05, 3.63) is 54.2 Å². The van der Waals surface area contributed by atoms with E-state index in [0.29, 0.717) is 0 Å². The normalized spacial score (nSPS) is 19.7. The summed E-state index contributed by atoms with van der Waals surface area (Å²) in [4.78, 5) is 16.2. The van der Waals surface area contributed by atoms with Crippen LogP contribution in [0.4, 0.5) is 11.5 Å². The first kappa shape index (κ1) is 23.6. The Kier molecular flexibility index (Phi) is 8.77. The number of hydrogen-bond donors (Lipinski definition) is 1. The number of piperazine rings is 1. The Bertz CT molecular complexity index is 841. The van der Waals surface area contributed by atoms with Crippen LogP contribution in [0.5, 0.6) is 0 Å². The minimum absolute atomic E-state index is 0. The fraction of sp³-hybridized carbons (Fsp3) is 0.478. The van der Waals surface area contributed by atoms with Crippen molar-refractivity contribution in [1.29, 1.82) is 0 Å². The van der Waals surface area contributed by atoms with Gasteiger partial charge >= 0.3 is 0 Å². The molecule has 0 radical (unpaired) electrons. The summed E-state index contributed by atoms with van der Waals surface area (Å²) in [6.07, 6.45) is 2.14. The van der Waals surface area contributed by atoms with Gasteiger partial charge in [-0.25, -0.2) is 4.98 Å². The number of pyridine rings is 1. The molecule has 4 rings (SSSR count). The van der Waals surface area contributed by atoms with Gasteiger partial charge in [0.15, 0.2) is 5.96 Å². The number of benzene rings is 1. The summed E-state index contributed by atoms with van der Waals surface area (Å²) in [5.74, 6) is 1.98.